The topological polar surface area (TPSA) is 29.1 Å². The van der Waals surface area contributed by atoms with E-state index in [2.05, 4.69) is 17.4 Å². The number of benzene rings is 1. The Bertz CT molecular complexity index is 221. The third kappa shape index (κ3) is 3.30. The standard InChI is InChI=1S/C10H12NO/c12-9-8-11-7-6-10-4-2-1-3-5-10/h1-5,11H,6-8H2. The lowest BCUT2D eigenvalue weighted by Gasteiger charge is -1.99. The van der Waals surface area contributed by atoms with Crippen molar-refractivity contribution in [3.8, 4) is 0 Å². The van der Waals surface area contributed by atoms with E-state index < -0.39 is 0 Å². The summed E-state index contributed by atoms with van der Waals surface area (Å²) in [5, 5.41) is 2.96. The van der Waals surface area contributed by atoms with Crippen LogP contribution in [0.3, 0.4) is 0 Å². The predicted molar refractivity (Wildman–Crippen MR) is 48.7 cm³/mol. The largest absolute Gasteiger partial charge is 0.309 e. The summed E-state index contributed by atoms with van der Waals surface area (Å²) >= 11 is 0. The molecular weight excluding hydrogens is 150 g/mol. The Morgan fingerprint density at radius 3 is 2.67 bits per heavy atom. The van der Waals surface area contributed by atoms with E-state index in [9.17, 15) is 4.79 Å². The lowest BCUT2D eigenvalue weighted by molar-refractivity contribution is 0.548. The molecule has 0 atom stereocenters. The van der Waals surface area contributed by atoms with Crippen LogP contribution in [0.1, 0.15) is 5.56 Å². The third-order valence-electron chi connectivity index (χ3n) is 1.63. The minimum Gasteiger partial charge on any atom is -0.309 e. The molecule has 0 unspecified atom stereocenters. The smallest absolute Gasteiger partial charge is 0.213 e. The molecule has 2 nitrogen and oxygen atoms in total. The zero-order valence-corrected chi connectivity index (χ0v) is 6.92. The molecule has 0 aliphatic carbocycles. The first-order valence-electron chi connectivity index (χ1n) is 4.03. The molecule has 0 fully saturated rings. The second-order valence-corrected chi connectivity index (χ2v) is 2.56. The second kappa shape index (κ2) is 5.49. The Hall–Kier alpha value is -1.15. The van der Waals surface area contributed by atoms with Gasteiger partial charge in [0.25, 0.3) is 0 Å². The van der Waals surface area contributed by atoms with Crippen LogP contribution in [0, 0.1) is 0 Å². The van der Waals surface area contributed by atoms with Crippen molar-refractivity contribution < 1.29 is 4.79 Å². The van der Waals surface area contributed by atoms with Crippen molar-refractivity contribution >= 4 is 6.29 Å². The average Bonchev–Trinajstić information content (AvgIpc) is 2.14. The zero-order valence-electron chi connectivity index (χ0n) is 6.92. The Balaban J connectivity index is 2.20. The number of rotatable bonds is 5. The van der Waals surface area contributed by atoms with Crippen molar-refractivity contribution in [1.82, 2.24) is 5.32 Å². The number of nitrogens with one attached hydrogen (secondary N) is 1. The van der Waals surface area contributed by atoms with Crippen LogP contribution in [-0.2, 0) is 11.2 Å². The van der Waals surface area contributed by atoms with Gasteiger partial charge in [0.15, 0.2) is 0 Å². The molecule has 0 amide bonds. The van der Waals surface area contributed by atoms with E-state index in [4.69, 9.17) is 0 Å². The summed E-state index contributed by atoms with van der Waals surface area (Å²) in [7, 11) is 0. The maximum Gasteiger partial charge on any atom is 0.213 e. The van der Waals surface area contributed by atoms with Gasteiger partial charge in [-0.3, -0.25) is 4.79 Å². The van der Waals surface area contributed by atoms with E-state index in [-0.39, 0.29) is 0 Å². The Kier molecular flexibility index (Phi) is 4.09. The van der Waals surface area contributed by atoms with Crippen molar-refractivity contribution in [2.24, 2.45) is 0 Å². The lowest BCUT2D eigenvalue weighted by Crippen LogP contribution is -2.19. The summed E-state index contributed by atoms with van der Waals surface area (Å²) in [5.41, 5.74) is 1.29. The summed E-state index contributed by atoms with van der Waals surface area (Å²) in [6.07, 6.45) is 2.75. The fourth-order valence-corrected chi connectivity index (χ4v) is 1.02. The lowest BCUT2D eigenvalue weighted by atomic mass is 10.1. The highest BCUT2D eigenvalue weighted by molar-refractivity contribution is 5.52. The molecule has 1 N–H and O–H groups in total. The van der Waals surface area contributed by atoms with Crippen LogP contribution in [0.5, 0.6) is 0 Å². The molecule has 0 saturated carbocycles. The minimum atomic E-state index is 0.326. The first kappa shape index (κ1) is 8.94. The van der Waals surface area contributed by atoms with E-state index in [0.29, 0.717) is 6.54 Å². The first-order valence-corrected chi connectivity index (χ1v) is 4.03. The molecule has 0 aromatic heterocycles. The SMILES string of the molecule is O=[C]CNCCc1ccccc1. The molecular formula is C10H12NO. The van der Waals surface area contributed by atoms with Gasteiger partial charge in [-0.25, -0.2) is 0 Å². The normalized spacial score (nSPS) is 9.67. The molecule has 0 spiro atoms. The first-order chi connectivity index (χ1) is 5.93. The van der Waals surface area contributed by atoms with Crippen LogP contribution in [0.4, 0.5) is 0 Å². The van der Waals surface area contributed by atoms with E-state index in [0.717, 1.165) is 13.0 Å². The molecule has 0 bridgehead atoms. The van der Waals surface area contributed by atoms with E-state index in [1.807, 2.05) is 18.2 Å². The van der Waals surface area contributed by atoms with Crippen molar-refractivity contribution in [3.05, 3.63) is 35.9 Å². The van der Waals surface area contributed by atoms with Crippen LogP contribution in [0.2, 0.25) is 0 Å². The van der Waals surface area contributed by atoms with Crippen molar-refractivity contribution in [1.29, 1.82) is 0 Å². The molecule has 2 heteroatoms. The molecule has 1 aromatic carbocycles. The minimum absolute atomic E-state index is 0.326. The van der Waals surface area contributed by atoms with Gasteiger partial charge < -0.3 is 5.32 Å². The summed E-state index contributed by atoms with van der Waals surface area (Å²) < 4.78 is 0. The Morgan fingerprint density at radius 1 is 1.25 bits per heavy atom. The summed E-state index contributed by atoms with van der Waals surface area (Å²) in [4.78, 5) is 9.83. The quantitative estimate of drug-likeness (QED) is 0.652. The van der Waals surface area contributed by atoms with Gasteiger partial charge in [0.1, 0.15) is 0 Å². The molecule has 0 aliphatic heterocycles. The molecule has 0 aliphatic rings. The van der Waals surface area contributed by atoms with E-state index in [1.54, 1.807) is 6.29 Å². The molecule has 0 saturated heterocycles. The summed E-state index contributed by atoms with van der Waals surface area (Å²) in [6, 6.07) is 10.2. The monoisotopic (exact) mass is 162 g/mol. The Morgan fingerprint density at radius 2 is 2.00 bits per heavy atom. The highest BCUT2D eigenvalue weighted by Crippen LogP contribution is 1.97. The molecule has 0 heterocycles. The van der Waals surface area contributed by atoms with Gasteiger partial charge in [-0.1, -0.05) is 30.3 Å². The van der Waals surface area contributed by atoms with Crippen molar-refractivity contribution in [2.75, 3.05) is 13.1 Å². The van der Waals surface area contributed by atoms with Gasteiger partial charge in [0, 0.05) is 0 Å². The fourth-order valence-electron chi connectivity index (χ4n) is 1.02. The van der Waals surface area contributed by atoms with Gasteiger partial charge in [0.2, 0.25) is 6.29 Å². The van der Waals surface area contributed by atoms with E-state index in [1.165, 1.54) is 5.56 Å². The summed E-state index contributed by atoms with van der Waals surface area (Å²) in [5.74, 6) is 0. The number of carbonyl (C=O) groups excluding carboxylic acids is 1. The van der Waals surface area contributed by atoms with Crippen LogP contribution >= 0.6 is 0 Å². The molecule has 1 aromatic rings. The number of hydrogen-bond donors (Lipinski definition) is 1. The van der Waals surface area contributed by atoms with Crippen LogP contribution in [-0.4, -0.2) is 19.4 Å². The maximum absolute atomic E-state index is 9.83. The van der Waals surface area contributed by atoms with Crippen molar-refractivity contribution in [3.63, 3.8) is 0 Å². The van der Waals surface area contributed by atoms with Gasteiger partial charge in [-0.2, -0.15) is 0 Å². The third-order valence-corrected chi connectivity index (χ3v) is 1.63. The zero-order chi connectivity index (χ0) is 8.65. The highest BCUT2D eigenvalue weighted by atomic mass is 16.1. The summed E-state index contributed by atoms with van der Waals surface area (Å²) in [6.45, 7) is 1.16. The maximum atomic E-state index is 9.83. The Labute approximate surface area is 72.6 Å². The average molecular weight is 162 g/mol. The van der Waals surface area contributed by atoms with Gasteiger partial charge >= 0.3 is 0 Å². The second-order valence-electron chi connectivity index (χ2n) is 2.56. The number of hydrogen-bond acceptors (Lipinski definition) is 2. The van der Waals surface area contributed by atoms with Crippen LogP contribution in [0.25, 0.3) is 0 Å². The van der Waals surface area contributed by atoms with Crippen LogP contribution < -0.4 is 5.32 Å². The molecule has 1 rings (SSSR count). The van der Waals surface area contributed by atoms with Gasteiger partial charge in [0.05, 0.1) is 6.54 Å². The highest BCUT2D eigenvalue weighted by Gasteiger charge is 1.89. The fraction of sp³-hybridized carbons (Fsp3) is 0.300. The van der Waals surface area contributed by atoms with Crippen LogP contribution in [0.15, 0.2) is 30.3 Å². The molecule has 1 radical (unpaired) electrons. The van der Waals surface area contributed by atoms with E-state index >= 15 is 0 Å². The predicted octanol–water partition coefficient (Wildman–Crippen LogP) is 0.928. The van der Waals surface area contributed by atoms with Crippen molar-refractivity contribution in [2.45, 2.75) is 6.42 Å². The van der Waals surface area contributed by atoms with Gasteiger partial charge in [-0.05, 0) is 18.5 Å². The molecule has 12 heavy (non-hydrogen) atoms. The van der Waals surface area contributed by atoms with Gasteiger partial charge in [-0.15, -0.1) is 0 Å². The molecule has 63 valence electrons.